The largest absolute Gasteiger partial charge is 0.397 e. The van der Waals surface area contributed by atoms with Gasteiger partial charge in [-0.15, -0.1) is 11.3 Å². The Hall–Kier alpha value is -1.62. The number of thiophene rings is 1. The summed E-state index contributed by atoms with van der Waals surface area (Å²) in [4.78, 5) is 20.6. The van der Waals surface area contributed by atoms with Crippen molar-refractivity contribution in [3.8, 4) is 0 Å². The molecule has 2 N–H and O–H groups in total. The Morgan fingerprint density at radius 3 is 2.65 bits per heavy atom. The summed E-state index contributed by atoms with van der Waals surface area (Å²) in [7, 11) is 0. The van der Waals surface area contributed by atoms with Crippen molar-refractivity contribution in [3.63, 3.8) is 0 Å². The lowest BCUT2D eigenvalue weighted by molar-refractivity contribution is 0.0767. The summed E-state index contributed by atoms with van der Waals surface area (Å²) in [5.41, 5.74) is 7.70. The van der Waals surface area contributed by atoms with Gasteiger partial charge >= 0.3 is 0 Å². The molecule has 0 spiro atoms. The minimum absolute atomic E-state index is 0.0741. The number of hydrogen-bond donors (Lipinski definition) is 1. The molecule has 0 atom stereocenters. The molecule has 2 aromatic heterocycles. The third-order valence-electron chi connectivity index (χ3n) is 3.82. The van der Waals surface area contributed by atoms with Crippen LogP contribution in [0.1, 0.15) is 41.0 Å². The van der Waals surface area contributed by atoms with E-state index in [9.17, 15) is 4.79 Å². The second-order valence-electron chi connectivity index (χ2n) is 5.36. The number of aromatic nitrogens is 1. The summed E-state index contributed by atoms with van der Waals surface area (Å²) in [5.74, 6) is 0.0741. The van der Waals surface area contributed by atoms with Crippen LogP contribution in [-0.2, 0) is 0 Å². The zero-order valence-electron chi connectivity index (χ0n) is 11.7. The maximum absolute atomic E-state index is 12.7. The lowest BCUT2D eigenvalue weighted by Crippen LogP contribution is -2.31. The highest BCUT2D eigenvalue weighted by Crippen LogP contribution is 2.33. The number of anilines is 1. The Morgan fingerprint density at radius 2 is 1.95 bits per heavy atom. The number of nitrogen functional groups attached to an aromatic ring is 1. The fourth-order valence-electron chi connectivity index (χ4n) is 2.67. The summed E-state index contributed by atoms with van der Waals surface area (Å²) >= 11 is 1.42. The number of hydrogen-bond acceptors (Lipinski definition) is 4. The van der Waals surface area contributed by atoms with Crippen LogP contribution in [0.4, 0.5) is 5.69 Å². The van der Waals surface area contributed by atoms with E-state index >= 15 is 0 Å². The first kappa shape index (κ1) is 13.4. The maximum atomic E-state index is 12.7. The monoisotopic (exact) mass is 289 g/mol. The highest BCUT2D eigenvalue weighted by Gasteiger charge is 2.23. The van der Waals surface area contributed by atoms with Crippen molar-refractivity contribution in [1.82, 2.24) is 9.88 Å². The van der Waals surface area contributed by atoms with E-state index in [0.717, 1.165) is 41.8 Å². The Kier molecular flexibility index (Phi) is 3.61. The van der Waals surface area contributed by atoms with Gasteiger partial charge in [-0.25, -0.2) is 4.98 Å². The van der Waals surface area contributed by atoms with E-state index in [0.29, 0.717) is 10.6 Å². The van der Waals surface area contributed by atoms with Gasteiger partial charge in [0.15, 0.2) is 0 Å². The first-order chi connectivity index (χ1) is 9.66. The average molecular weight is 289 g/mol. The van der Waals surface area contributed by atoms with Crippen molar-refractivity contribution in [2.45, 2.75) is 32.6 Å². The van der Waals surface area contributed by atoms with Crippen molar-refractivity contribution in [2.75, 3.05) is 18.8 Å². The molecule has 0 aliphatic carbocycles. The van der Waals surface area contributed by atoms with E-state index in [1.54, 1.807) is 0 Å². The van der Waals surface area contributed by atoms with Crippen molar-refractivity contribution >= 4 is 33.1 Å². The van der Waals surface area contributed by atoms with Crippen LogP contribution in [-0.4, -0.2) is 28.9 Å². The Balaban J connectivity index is 1.96. The lowest BCUT2D eigenvalue weighted by atomic mass is 10.2. The zero-order chi connectivity index (χ0) is 14.1. The molecule has 1 aliphatic heterocycles. The molecule has 1 saturated heterocycles. The molecule has 3 rings (SSSR count). The predicted molar refractivity (Wildman–Crippen MR) is 83.1 cm³/mol. The topological polar surface area (TPSA) is 59.2 Å². The summed E-state index contributed by atoms with van der Waals surface area (Å²) in [6.45, 7) is 3.64. The zero-order valence-corrected chi connectivity index (χ0v) is 12.5. The summed E-state index contributed by atoms with van der Waals surface area (Å²) in [6, 6.07) is 3.90. The number of pyridine rings is 1. The van der Waals surface area contributed by atoms with E-state index in [4.69, 9.17) is 5.73 Å². The van der Waals surface area contributed by atoms with E-state index in [-0.39, 0.29) is 5.91 Å². The van der Waals surface area contributed by atoms with Gasteiger partial charge in [0.05, 0.1) is 5.69 Å². The number of aryl methyl sites for hydroxylation is 1. The number of nitrogens with two attached hydrogens (primary N) is 1. The van der Waals surface area contributed by atoms with Gasteiger partial charge in [-0.2, -0.15) is 0 Å². The molecule has 5 heteroatoms. The summed E-state index contributed by atoms with van der Waals surface area (Å²) in [6.07, 6.45) is 4.61. The number of likely N-dealkylation sites (tertiary alicyclic amines) is 1. The van der Waals surface area contributed by atoms with E-state index in [1.165, 1.54) is 24.2 Å². The minimum Gasteiger partial charge on any atom is -0.397 e. The number of rotatable bonds is 1. The molecule has 4 nitrogen and oxygen atoms in total. The van der Waals surface area contributed by atoms with Crippen LogP contribution in [0.25, 0.3) is 10.2 Å². The Bertz CT molecular complexity index is 642. The maximum Gasteiger partial charge on any atom is 0.266 e. The van der Waals surface area contributed by atoms with Crippen molar-refractivity contribution < 1.29 is 4.79 Å². The normalized spacial score (nSPS) is 16.4. The third-order valence-corrected chi connectivity index (χ3v) is 4.92. The highest BCUT2D eigenvalue weighted by atomic mass is 32.1. The van der Waals surface area contributed by atoms with Gasteiger partial charge in [0, 0.05) is 24.2 Å². The number of fused-ring (bicyclic) bond motifs is 1. The number of carbonyl (C=O) groups excluding carboxylic acids is 1. The van der Waals surface area contributed by atoms with Crippen LogP contribution < -0.4 is 5.73 Å². The predicted octanol–water partition coefficient (Wildman–Crippen LogP) is 3.20. The molecule has 1 fully saturated rings. The smallest absolute Gasteiger partial charge is 0.266 e. The Labute approximate surface area is 122 Å². The molecule has 3 heterocycles. The van der Waals surface area contributed by atoms with Crippen LogP contribution in [0, 0.1) is 6.92 Å². The second kappa shape index (κ2) is 5.40. The highest BCUT2D eigenvalue weighted by molar-refractivity contribution is 7.21. The van der Waals surface area contributed by atoms with Crippen LogP contribution in [0.5, 0.6) is 0 Å². The van der Waals surface area contributed by atoms with Crippen molar-refractivity contribution in [1.29, 1.82) is 0 Å². The van der Waals surface area contributed by atoms with Crippen LogP contribution >= 0.6 is 11.3 Å². The van der Waals surface area contributed by atoms with Gasteiger partial charge in [-0.05, 0) is 31.9 Å². The molecule has 0 bridgehead atoms. The molecule has 0 unspecified atom stereocenters. The Morgan fingerprint density at radius 1 is 1.25 bits per heavy atom. The van der Waals surface area contributed by atoms with Crippen LogP contribution in [0.2, 0.25) is 0 Å². The molecule has 1 aliphatic rings. The van der Waals surface area contributed by atoms with Gasteiger partial charge in [0.25, 0.3) is 5.91 Å². The summed E-state index contributed by atoms with van der Waals surface area (Å²) in [5, 5.41) is 0.902. The van der Waals surface area contributed by atoms with Gasteiger partial charge < -0.3 is 10.6 Å². The molecule has 0 aromatic carbocycles. The van der Waals surface area contributed by atoms with Crippen LogP contribution in [0.15, 0.2) is 12.1 Å². The van der Waals surface area contributed by atoms with E-state index in [1.807, 2.05) is 24.0 Å². The molecular formula is C15H19N3OS. The fourth-order valence-corrected chi connectivity index (χ4v) is 3.77. The molecule has 0 saturated carbocycles. The van der Waals surface area contributed by atoms with Gasteiger partial charge in [0.2, 0.25) is 0 Å². The fraction of sp³-hybridized carbons (Fsp3) is 0.467. The number of nitrogens with zero attached hydrogens (tertiary/aromatic N) is 2. The summed E-state index contributed by atoms with van der Waals surface area (Å²) < 4.78 is 0. The molecule has 1 amide bonds. The van der Waals surface area contributed by atoms with E-state index < -0.39 is 0 Å². The third kappa shape index (κ3) is 2.38. The lowest BCUT2D eigenvalue weighted by Gasteiger charge is -2.19. The first-order valence-electron chi connectivity index (χ1n) is 7.12. The quantitative estimate of drug-likeness (QED) is 0.877. The van der Waals surface area contributed by atoms with Gasteiger partial charge in [-0.1, -0.05) is 12.8 Å². The molecule has 20 heavy (non-hydrogen) atoms. The molecule has 2 aromatic rings. The molecular weight excluding hydrogens is 270 g/mol. The number of amides is 1. The first-order valence-corrected chi connectivity index (χ1v) is 7.93. The molecule has 0 radical (unpaired) electrons. The number of carbonyl (C=O) groups is 1. The SMILES string of the molecule is Cc1ccc2c(N)c(C(=O)N3CCCCCC3)sc2n1. The van der Waals surface area contributed by atoms with Gasteiger partial charge in [0.1, 0.15) is 9.71 Å². The van der Waals surface area contributed by atoms with Gasteiger partial charge in [-0.3, -0.25) is 4.79 Å². The average Bonchev–Trinajstić information content (AvgIpc) is 2.65. The van der Waals surface area contributed by atoms with Crippen molar-refractivity contribution in [3.05, 3.63) is 22.7 Å². The van der Waals surface area contributed by atoms with E-state index in [2.05, 4.69) is 4.98 Å². The van der Waals surface area contributed by atoms with Crippen molar-refractivity contribution in [2.24, 2.45) is 0 Å². The molecule has 106 valence electrons. The van der Waals surface area contributed by atoms with Crippen LogP contribution in [0.3, 0.4) is 0 Å². The standard InChI is InChI=1S/C15H19N3OS/c1-10-6-7-11-12(16)13(20-14(11)17-10)15(19)18-8-4-2-3-5-9-18/h6-7H,2-5,8-9,16H2,1H3. The second-order valence-corrected chi connectivity index (χ2v) is 6.36. The minimum atomic E-state index is 0.0741.